The van der Waals surface area contributed by atoms with Crippen LogP contribution in [0, 0.1) is 0 Å². The number of hydrogen-bond donors (Lipinski definition) is 2. The van der Waals surface area contributed by atoms with Crippen LogP contribution in [0.25, 0.3) is 11.0 Å². The smallest absolute Gasteiger partial charge is 0.233 e. The van der Waals surface area contributed by atoms with Gasteiger partial charge in [0.2, 0.25) is 11.8 Å². The van der Waals surface area contributed by atoms with Gasteiger partial charge in [0.1, 0.15) is 5.82 Å². The van der Waals surface area contributed by atoms with Crippen molar-refractivity contribution in [3.8, 4) is 0 Å². The normalized spacial score (nSPS) is 15.6. The molecule has 0 saturated carbocycles. The highest BCUT2D eigenvalue weighted by Crippen LogP contribution is 2.12. The molecule has 2 heterocycles. The van der Waals surface area contributed by atoms with Crippen molar-refractivity contribution in [1.29, 1.82) is 0 Å². The number of rotatable bonds is 5. The Balaban J connectivity index is 1.46. The van der Waals surface area contributed by atoms with Gasteiger partial charge in [-0.2, -0.15) is 0 Å². The first kappa shape index (κ1) is 16.4. The van der Waals surface area contributed by atoms with Gasteiger partial charge in [0.15, 0.2) is 0 Å². The molecular weight excluding hydrogens is 306 g/mol. The summed E-state index contributed by atoms with van der Waals surface area (Å²) in [6.45, 7) is 3.23. The fourth-order valence-corrected chi connectivity index (χ4v) is 2.95. The lowest BCUT2D eigenvalue weighted by Crippen LogP contribution is -2.50. The third-order valence-corrected chi connectivity index (χ3v) is 4.39. The van der Waals surface area contributed by atoms with Crippen molar-refractivity contribution in [1.82, 2.24) is 25.1 Å². The van der Waals surface area contributed by atoms with E-state index >= 15 is 0 Å². The molecule has 0 atom stereocenters. The Morgan fingerprint density at radius 1 is 1.21 bits per heavy atom. The molecule has 1 aliphatic heterocycles. The number of aromatic amines is 1. The van der Waals surface area contributed by atoms with E-state index < -0.39 is 0 Å². The van der Waals surface area contributed by atoms with Crippen molar-refractivity contribution in [2.45, 2.75) is 12.8 Å². The number of benzene rings is 1. The Labute approximate surface area is 141 Å². The van der Waals surface area contributed by atoms with Crippen LogP contribution < -0.4 is 5.32 Å². The van der Waals surface area contributed by atoms with E-state index in [4.69, 9.17) is 0 Å². The number of hydrogen-bond acceptors (Lipinski definition) is 4. The number of aryl methyl sites for hydroxylation is 1. The summed E-state index contributed by atoms with van der Waals surface area (Å²) in [6, 6.07) is 7.87. The second kappa shape index (κ2) is 7.44. The largest absolute Gasteiger partial charge is 0.358 e. The van der Waals surface area contributed by atoms with Gasteiger partial charge in [0, 0.05) is 46.1 Å². The van der Waals surface area contributed by atoms with Crippen LogP contribution in [0.4, 0.5) is 0 Å². The number of carbonyl (C=O) groups is 2. The monoisotopic (exact) mass is 329 g/mol. The predicted octanol–water partition coefficient (Wildman–Crippen LogP) is 0.386. The number of fused-ring (bicyclic) bond motifs is 1. The van der Waals surface area contributed by atoms with Gasteiger partial charge in [-0.3, -0.25) is 14.5 Å². The third kappa shape index (κ3) is 3.91. The van der Waals surface area contributed by atoms with E-state index in [-0.39, 0.29) is 11.8 Å². The molecule has 0 spiro atoms. The van der Waals surface area contributed by atoms with Gasteiger partial charge in [0.05, 0.1) is 17.6 Å². The van der Waals surface area contributed by atoms with Gasteiger partial charge in [-0.15, -0.1) is 0 Å². The van der Waals surface area contributed by atoms with E-state index in [1.165, 1.54) is 0 Å². The van der Waals surface area contributed by atoms with Crippen molar-refractivity contribution < 1.29 is 9.59 Å². The molecule has 128 valence electrons. The van der Waals surface area contributed by atoms with Crippen LogP contribution in [0.15, 0.2) is 24.3 Å². The van der Waals surface area contributed by atoms with Gasteiger partial charge in [-0.1, -0.05) is 12.1 Å². The van der Waals surface area contributed by atoms with Gasteiger partial charge in [-0.25, -0.2) is 4.98 Å². The molecule has 0 radical (unpaired) electrons. The summed E-state index contributed by atoms with van der Waals surface area (Å²) < 4.78 is 0. The van der Waals surface area contributed by atoms with Crippen molar-refractivity contribution in [2.24, 2.45) is 0 Å². The first-order valence-corrected chi connectivity index (χ1v) is 8.30. The van der Waals surface area contributed by atoms with Crippen molar-refractivity contribution in [3.05, 3.63) is 30.1 Å². The average molecular weight is 329 g/mol. The Morgan fingerprint density at radius 2 is 1.96 bits per heavy atom. The molecule has 2 amide bonds. The van der Waals surface area contributed by atoms with Crippen molar-refractivity contribution in [2.75, 3.05) is 39.8 Å². The second-order valence-corrected chi connectivity index (χ2v) is 6.03. The van der Waals surface area contributed by atoms with Crippen molar-refractivity contribution in [3.63, 3.8) is 0 Å². The highest BCUT2D eigenvalue weighted by atomic mass is 16.2. The first-order valence-electron chi connectivity index (χ1n) is 8.30. The Kier molecular flexibility index (Phi) is 5.10. The highest BCUT2D eigenvalue weighted by Gasteiger charge is 2.22. The molecule has 3 rings (SSSR count). The summed E-state index contributed by atoms with van der Waals surface area (Å²) in [7, 11) is 1.64. The van der Waals surface area contributed by atoms with Crippen LogP contribution in [0.2, 0.25) is 0 Å². The Hall–Kier alpha value is -2.41. The number of likely N-dealkylation sites (N-methyl/N-ethyl adjacent to an activating group) is 1. The molecule has 1 fully saturated rings. The summed E-state index contributed by atoms with van der Waals surface area (Å²) in [5, 5.41) is 2.62. The topological polar surface area (TPSA) is 81.3 Å². The van der Waals surface area contributed by atoms with E-state index in [0.717, 1.165) is 29.9 Å². The van der Waals surface area contributed by atoms with Crippen molar-refractivity contribution >= 4 is 22.8 Å². The maximum Gasteiger partial charge on any atom is 0.233 e. The molecule has 0 aliphatic carbocycles. The molecule has 2 aromatic rings. The van der Waals surface area contributed by atoms with E-state index in [2.05, 4.69) is 20.2 Å². The molecule has 7 heteroatoms. The zero-order chi connectivity index (χ0) is 16.9. The number of para-hydroxylation sites is 2. The van der Waals surface area contributed by atoms with Crippen LogP contribution in [0.1, 0.15) is 12.2 Å². The lowest BCUT2D eigenvalue weighted by atomic mass is 10.2. The minimum Gasteiger partial charge on any atom is -0.358 e. The SMILES string of the molecule is CNC(=O)CN1CCN(C(=O)CCc2nc3ccccc3[nH]2)CC1. The van der Waals surface area contributed by atoms with Gasteiger partial charge in [0.25, 0.3) is 0 Å². The first-order chi connectivity index (χ1) is 11.7. The minimum atomic E-state index is 0.0136. The zero-order valence-electron chi connectivity index (χ0n) is 13.9. The number of amides is 2. The molecule has 7 nitrogen and oxygen atoms in total. The highest BCUT2D eigenvalue weighted by molar-refractivity contribution is 5.78. The van der Waals surface area contributed by atoms with E-state index in [9.17, 15) is 9.59 Å². The molecule has 1 aromatic heterocycles. The minimum absolute atomic E-state index is 0.0136. The van der Waals surface area contributed by atoms with E-state index in [1.807, 2.05) is 29.2 Å². The molecule has 0 unspecified atom stereocenters. The second-order valence-electron chi connectivity index (χ2n) is 6.03. The Morgan fingerprint density at radius 3 is 2.67 bits per heavy atom. The fourth-order valence-electron chi connectivity index (χ4n) is 2.95. The molecular formula is C17H23N5O2. The third-order valence-electron chi connectivity index (χ3n) is 4.39. The zero-order valence-corrected chi connectivity index (χ0v) is 13.9. The maximum absolute atomic E-state index is 12.4. The molecule has 0 bridgehead atoms. The summed E-state index contributed by atoms with van der Waals surface area (Å²) >= 11 is 0. The number of aromatic nitrogens is 2. The van der Waals surface area contributed by atoms with Crippen LogP contribution in [-0.4, -0.2) is 71.4 Å². The van der Waals surface area contributed by atoms with Crippen LogP contribution in [-0.2, 0) is 16.0 Å². The number of imidazole rings is 1. The summed E-state index contributed by atoms with van der Waals surface area (Å²) in [5.41, 5.74) is 1.94. The molecule has 24 heavy (non-hydrogen) atoms. The van der Waals surface area contributed by atoms with Gasteiger partial charge < -0.3 is 15.2 Å². The van der Waals surface area contributed by atoms with Gasteiger partial charge >= 0.3 is 0 Å². The Bertz CT molecular complexity index is 686. The predicted molar refractivity (Wildman–Crippen MR) is 91.5 cm³/mol. The fraction of sp³-hybridized carbons (Fsp3) is 0.471. The number of piperazine rings is 1. The molecule has 2 N–H and O–H groups in total. The number of nitrogens with one attached hydrogen (secondary N) is 2. The van der Waals surface area contributed by atoms with Crippen LogP contribution in [0.5, 0.6) is 0 Å². The average Bonchev–Trinajstić information content (AvgIpc) is 3.03. The lowest BCUT2D eigenvalue weighted by Gasteiger charge is -2.34. The lowest BCUT2D eigenvalue weighted by molar-refractivity contribution is -0.133. The van der Waals surface area contributed by atoms with Crippen LogP contribution >= 0.6 is 0 Å². The molecule has 1 aliphatic rings. The summed E-state index contributed by atoms with van der Waals surface area (Å²) in [6.07, 6.45) is 1.07. The number of carbonyl (C=O) groups excluding carboxylic acids is 2. The molecule has 1 aromatic carbocycles. The maximum atomic E-state index is 12.4. The number of nitrogens with zero attached hydrogens (tertiary/aromatic N) is 3. The van der Waals surface area contributed by atoms with E-state index in [1.54, 1.807) is 7.05 Å². The van der Waals surface area contributed by atoms with Gasteiger partial charge in [-0.05, 0) is 12.1 Å². The number of H-pyrrole nitrogens is 1. The summed E-state index contributed by atoms with van der Waals surface area (Å²) in [4.78, 5) is 35.5. The quantitative estimate of drug-likeness (QED) is 0.831. The van der Waals surface area contributed by atoms with Crippen LogP contribution in [0.3, 0.4) is 0 Å². The van der Waals surface area contributed by atoms with E-state index in [0.29, 0.717) is 32.5 Å². The molecule has 1 saturated heterocycles. The summed E-state index contributed by atoms with van der Waals surface area (Å²) in [5.74, 6) is 1.01. The standard InChI is InChI=1S/C17H23N5O2/c1-18-16(23)12-21-8-10-22(11-9-21)17(24)7-6-15-19-13-4-2-3-5-14(13)20-15/h2-5H,6-12H2,1H3,(H,18,23)(H,19,20).